The smallest absolute Gasteiger partial charge is 0.0991 e. The molecule has 0 aromatic rings. The van der Waals surface area contributed by atoms with E-state index in [-0.39, 0.29) is 0 Å². The van der Waals surface area contributed by atoms with Gasteiger partial charge in [0.2, 0.25) is 0 Å². The second-order valence-electron chi connectivity index (χ2n) is 1.39. The lowest BCUT2D eigenvalue weighted by Crippen LogP contribution is -2.80. The fraction of sp³-hybridized carbons (Fsp3) is 1.00. The van der Waals surface area contributed by atoms with E-state index < -0.39 is 0 Å². The van der Waals surface area contributed by atoms with Crippen molar-refractivity contribution in [3.8, 4) is 0 Å². The molecule has 0 unspecified atom stereocenters. The molecule has 2 nitrogen and oxygen atoms in total. The Labute approximate surface area is 44.9 Å². The molecule has 0 saturated carbocycles. The van der Waals surface area contributed by atoms with Crippen molar-refractivity contribution in [3.05, 3.63) is 0 Å². The molecule has 2 heteroatoms. The van der Waals surface area contributed by atoms with Gasteiger partial charge in [-0.2, -0.15) is 0 Å². The van der Waals surface area contributed by atoms with Gasteiger partial charge in [-0.15, -0.1) is 0 Å². The molecular formula is C5H14NO+. The topological polar surface area (TPSA) is 25.8 Å². The molecule has 0 aromatic carbocycles. The molecule has 0 saturated heterocycles. The molecule has 0 rings (SSSR count). The summed E-state index contributed by atoms with van der Waals surface area (Å²) in [7, 11) is 2.04. The van der Waals surface area contributed by atoms with Crippen LogP contribution in [0.4, 0.5) is 0 Å². The fourth-order valence-corrected chi connectivity index (χ4v) is 0.346. The predicted molar refractivity (Wildman–Crippen MR) is 29.2 cm³/mol. The van der Waals surface area contributed by atoms with E-state index in [0.29, 0.717) is 0 Å². The van der Waals surface area contributed by atoms with Crippen LogP contribution in [0.5, 0.6) is 0 Å². The van der Waals surface area contributed by atoms with Crippen molar-refractivity contribution in [2.45, 2.75) is 6.92 Å². The van der Waals surface area contributed by atoms with Crippen LogP contribution < -0.4 is 5.32 Å². The first-order chi connectivity index (χ1) is 3.41. The van der Waals surface area contributed by atoms with Crippen molar-refractivity contribution < 1.29 is 10.1 Å². The number of hydrogen-bond acceptors (Lipinski definition) is 1. The molecule has 2 N–H and O–H groups in total. The van der Waals surface area contributed by atoms with Crippen LogP contribution in [0, 0.1) is 0 Å². The maximum absolute atomic E-state index is 5.04. The molecule has 0 aliphatic carbocycles. The zero-order chi connectivity index (χ0) is 5.54. The van der Waals surface area contributed by atoms with Gasteiger partial charge in [0.05, 0.1) is 20.2 Å². The number of hydrogen-bond donors (Lipinski definition) is 1. The van der Waals surface area contributed by atoms with Crippen LogP contribution in [0.15, 0.2) is 0 Å². The maximum atomic E-state index is 5.04. The molecular weight excluding hydrogens is 90.1 g/mol. The Kier molecular flexibility index (Phi) is 5.85. The summed E-state index contributed by atoms with van der Waals surface area (Å²) in [6.07, 6.45) is 0. The summed E-state index contributed by atoms with van der Waals surface area (Å²) < 4.78 is 5.04. The SMILES string of the molecule is CCOCC[NH2+]C. The quantitative estimate of drug-likeness (QED) is 0.465. The van der Waals surface area contributed by atoms with Gasteiger partial charge >= 0.3 is 0 Å². The molecule has 0 aromatic heterocycles. The number of ether oxygens (including phenoxy) is 1. The highest BCUT2D eigenvalue weighted by Gasteiger charge is 1.80. The minimum absolute atomic E-state index is 0.841. The van der Waals surface area contributed by atoms with Crippen LogP contribution in [0.25, 0.3) is 0 Å². The van der Waals surface area contributed by atoms with Crippen molar-refractivity contribution in [1.29, 1.82) is 0 Å². The minimum Gasteiger partial charge on any atom is -0.376 e. The monoisotopic (exact) mass is 104 g/mol. The summed E-state index contributed by atoms with van der Waals surface area (Å²) in [5.74, 6) is 0. The van der Waals surface area contributed by atoms with Crippen molar-refractivity contribution in [1.82, 2.24) is 0 Å². The van der Waals surface area contributed by atoms with E-state index in [1.54, 1.807) is 0 Å². The highest BCUT2D eigenvalue weighted by Crippen LogP contribution is 1.64. The van der Waals surface area contributed by atoms with Crippen LogP contribution >= 0.6 is 0 Å². The van der Waals surface area contributed by atoms with Crippen LogP contribution in [0.1, 0.15) is 6.92 Å². The highest BCUT2D eigenvalue weighted by molar-refractivity contribution is 4.18. The number of likely N-dealkylation sites (N-methyl/N-ethyl adjacent to an activating group) is 1. The summed E-state index contributed by atoms with van der Waals surface area (Å²) in [5.41, 5.74) is 0. The molecule has 0 spiro atoms. The van der Waals surface area contributed by atoms with Crippen molar-refractivity contribution >= 4 is 0 Å². The average Bonchev–Trinajstić information content (AvgIpc) is 1.69. The first-order valence-electron chi connectivity index (χ1n) is 2.77. The lowest BCUT2D eigenvalue weighted by Gasteiger charge is -1.94. The summed E-state index contributed by atoms with van der Waals surface area (Å²) in [4.78, 5) is 0. The lowest BCUT2D eigenvalue weighted by atomic mass is 10.7. The highest BCUT2D eigenvalue weighted by atomic mass is 16.5. The van der Waals surface area contributed by atoms with E-state index >= 15 is 0 Å². The molecule has 0 aliphatic heterocycles. The van der Waals surface area contributed by atoms with E-state index in [1.807, 2.05) is 14.0 Å². The third-order valence-electron chi connectivity index (χ3n) is 0.755. The molecule has 44 valence electrons. The van der Waals surface area contributed by atoms with Crippen LogP contribution in [-0.4, -0.2) is 26.8 Å². The zero-order valence-electron chi connectivity index (χ0n) is 5.11. The van der Waals surface area contributed by atoms with E-state index in [9.17, 15) is 0 Å². The number of rotatable bonds is 4. The Morgan fingerprint density at radius 2 is 2.29 bits per heavy atom. The summed E-state index contributed by atoms with van der Waals surface area (Å²) in [5, 5.41) is 2.11. The molecule has 0 heterocycles. The van der Waals surface area contributed by atoms with Gasteiger partial charge in [0.15, 0.2) is 0 Å². The molecule has 0 amide bonds. The van der Waals surface area contributed by atoms with Gasteiger partial charge in [-0.3, -0.25) is 0 Å². The first kappa shape index (κ1) is 6.92. The molecule has 7 heavy (non-hydrogen) atoms. The summed E-state index contributed by atoms with van der Waals surface area (Å²) >= 11 is 0. The van der Waals surface area contributed by atoms with Crippen LogP contribution in [0.3, 0.4) is 0 Å². The van der Waals surface area contributed by atoms with Crippen molar-refractivity contribution in [2.24, 2.45) is 0 Å². The largest absolute Gasteiger partial charge is 0.376 e. The fourth-order valence-electron chi connectivity index (χ4n) is 0.346. The van der Waals surface area contributed by atoms with Crippen molar-refractivity contribution in [3.63, 3.8) is 0 Å². The van der Waals surface area contributed by atoms with Gasteiger partial charge < -0.3 is 10.1 Å². The second-order valence-corrected chi connectivity index (χ2v) is 1.39. The van der Waals surface area contributed by atoms with E-state index in [0.717, 1.165) is 19.8 Å². The van der Waals surface area contributed by atoms with Gasteiger partial charge in [0.1, 0.15) is 0 Å². The maximum Gasteiger partial charge on any atom is 0.0991 e. The van der Waals surface area contributed by atoms with Gasteiger partial charge in [-0.1, -0.05) is 0 Å². The average molecular weight is 104 g/mol. The van der Waals surface area contributed by atoms with Gasteiger partial charge in [0, 0.05) is 6.61 Å². The molecule has 0 atom stereocenters. The Morgan fingerprint density at radius 1 is 1.57 bits per heavy atom. The van der Waals surface area contributed by atoms with E-state index in [2.05, 4.69) is 5.32 Å². The molecule has 0 fully saturated rings. The van der Waals surface area contributed by atoms with E-state index in [4.69, 9.17) is 4.74 Å². The number of nitrogens with two attached hydrogens (primary N) is 1. The molecule has 0 aliphatic rings. The Balaban J connectivity index is 2.45. The normalized spacial score (nSPS) is 9.43. The standard InChI is InChI=1S/C5H13NO/c1-3-7-5-4-6-2/h6H,3-5H2,1-2H3/p+1. The van der Waals surface area contributed by atoms with Crippen LogP contribution in [0.2, 0.25) is 0 Å². The first-order valence-corrected chi connectivity index (χ1v) is 2.77. The van der Waals surface area contributed by atoms with Crippen molar-refractivity contribution in [2.75, 3.05) is 26.8 Å². The van der Waals surface area contributed by atoms with Gasteiger partial charge in [-0.25, -0.2) is 0 Å². The van der Waals surface area contributed by atoms with Gasteiger partial charge in [-0.05, 0) is 6.92 Å². The number of quaternary nitrogens is 1. The van der Waals surface area contributed by atoms with Crippen LogP contribution in [-0.2, 0) is 4.74 Å². The second kappa shape index (κ2) is 5.92. The molecule has 0 radical (unpaired) electrons. The third-order valence-corrected chi connectivity index (χ3v) is 0.755. The summed E-state index contributed by atoms with van der Waals surface area (Å²) in [6.45, 7) is 4.81. The third kappa shape index (κ3) is 5.92. The Bertz CT molecular complexity index is 27.3. The van der Waals surface area contributed by atoms with Gasteiger partial charge in [0.25, 0.3) is 0 Å². The molecule has 0 bridgehead atoms. The zero-order valence-corrected chi connectivity index (χ0v) is 5.11. The van der Waals surface area contributed by atoms with E-state index in [1.165, 1.54) is 0 Å². The predicted octanol–water partition coefficient (Wildman–Crippen LogP) is -0.784. The summed E-state index contributed by atoms with van der Waals surface area (Å²) in [6, 6.07) is 0. The Morgan fingerprint density at radius 3 is 2.71 bits per heavy atom. The minimum atomic E-state index is 0.841. The lowest BCUT2D eigenvalue weighted by molar-refractivity contribution is -0.628. The Hall–Kier alpha value is -0.0800.